The van der Waals surface area contributed by atoms with Crippen LogP contribution in [-0.4, -0.2) is 0 Å². The smallest absolute Gasteiger partial charge is 0.203 e. The Morgan fingerprint density at radius 1 is 0.356 bits per heavy atom. The van der Waals surface area contributed by atoms with Gasteiger partial charge in [-0.05, 0) is 68.1 Å². The number of rotatable bonds is 3. The molecule has 1 saturated carbocycles. The normalized spacial score (nSPS) is 15.6. The number of halogens is 15. The molecule has 0 aliphatic heterocycles. The van der Waals surface area contributed by atoms with Crippen LogP contribution in [0.25, 0.3) is 16.7 Å². The quantitative estimate of drug-likeness (QED) is 0.194. The molecule has 0 saturated heterocycles. The second-order valence-corrected chi connectivity index (χ2v) is 10.0. The highest BCUT2D eigenvalue weighted by molar-refractivity contribution is 6.05. The minimum atomic E-state index is -5.93. The van der Waals surface area contributed by atoms with E-state index in [0.717, 1.165) is 13.8 Å². The van der Waals surface area contributed by atoms with Gasteiger partial charge in [-0.2, -0.15) is 13.2 Å². The maximum atomic E-state index is 14.9. The van der Waals surface area contributed by atoms with Crippen LogP contribution in [0, 0.1) is 83.7 Å². The van der Waals surface area contributed by atoms with Crippen molar-refractivity contribution in [3.05, 3.63) is 120 Å². The van der Waals surface area contributed by atoms with Crippen LogP contribution in [0.4, 0.5) is 65.9 Å². The van der Waals surface area contributed by atoms with Gasteiger partial charge >= 0.3 is 6.18 Å². The first-order chi connectivity index (χ1) is 20.6. The number of hydrogen-bond donors (Lipinski definition) is 0. The van der Waals surface area contributed by atoms with Crippen molar-refractivity contribution < 1.29 is 65.9 Å². The lowest BCUT2D eigenvalue weighted by molar-refractivity contribution is -0.143. The van der Waals surface area contributed by atoms with Gasteiger partial charge in [-0.1, -0.05) is 0 Å². The highest BCUT2D eigenvalue weighted by Crippen LogP contribution is 2.57. The van der Waals surface area contributed by atoms with Gasteiger partial charge in [-0.15, -0.1) is 0 Å². The minimum absolute atomic E-state index is 0.628. The highest BCUT2D eigenvalue weighted by Gasteiger charge is 2.45. The molecule has 3 aromatic carbocycles. The fourth-order valence-electron chi connectivity index (χ4n) is 5.04. The van der Waals surface area contributed by atoms with Crippen LogP contribution < -0.4 is 0 Å². The van der Waals surface area contributed by atoms with E-state index in [-0.39, 0.29) is 0 Å². The number of benzene rings is 3. The van der Waals surface area contributed by atoms with Gasteiger partial charge in [0.1, 0.15) is 5.56 Å². The van der Waals surface area contributed by atoms with E-state index >= 15 is 0 Å². The van der Waals surface area contributed by atoms with Crippen LogP contribution in [0.5, 0.6) is 0 Å². The lowest BCUT2D eigenvalue weighted by Crippen LogP contribution is -2.16. The SMILES string of the molecule is CC(=C1C(=C(C)c2c(F)c(F)c(C)c(F)c2F)C1=C(C)c1c(F)c(F)c(C(F)(F)F)c(F)c1F)c1c(F)c(F)c(C)c(F)c1F. The average molecular weight is 660 g/mol. The third-order valence-corrected chi connectivity index (χ3v) is 7.45. The zero-order chi connectivity index (χ0) is 34.4. The maximum Gasteiger partial charge on any atom is 0.422 e. The van der Waals surface area contributed by atoms with Crippen molar-refractivity contribution in [2.75, 3.05) is 0 Å². The Morgan fingerprint density at radius 3 is 0.756 bits per heavy atom. The monoisotopic (exact) mass is 660 g/mol. The largest absolute Gasteiger partial charge is 0.422 e. The van der Waals surface area contributed by atoms with E-state index in [1.165, 1.54) is 0 Å². The first-order valence-corrected chi connectivity index (χ1v) is 12.3. The fraction of sp³-hybridized carbons (Fsp3) is 0.200. The van der Waals surface area contributed by atoms with Gasteiger partial charge < -0.3 is 0 Å². The summed E-state index contributed by atoms with van der Waals surface area (Å²) in [4.78, 5) is 0. The molecule has 0 spiro atoms. The van der Waals surface area contributed by atoms with Crippen LogP contribution in [0.3, 0.4) is 0 Å². The summed E-state index contributed by atoms with van der Waals surface area (Å²) in [6.07, 6.45) is -5.93. The maximum absolute atomic E-state index is 14.9. The van der Waals surface area contributed by atoms with Crippen LogP contribution >= 0.6 is 0 Å². The molecule has 1 aliphatic carbocycles. The zero-order valence-electron chi connectivity index (χ0n) is 23.2. The third-order valence-electron chi connectivity index (χ3n) is 7.45. The molecule has 0 amide bonds. The Hall–Kier alpha value is -4.17. The van der Waals surface area contributed by atoms with Gasteiger partial charge in [0.2, 0.25) is 0 Å². The minimum Gasteiger partial charge on any atom is -0.203 e. The molecule has 240 valence electrons. The molecular weight excluding hydrogens is 645 g/mol. The summed E-state index contributed by atoms with van der Waals surface area (Å²) in [5.41, 5.74) is -14.9. The lowest BCUT2D eigenvalue weighted by atomic mass is 9.99. The van der Waals surface area contributed by atoms with Crippen molar-refractivity contribution in [2.24, 2.45) is 0 Å². The van der Waals surface area contributed by atoms with Crippen LogP contribution in [0.1, 0.15) is 54.2 Å². The summed E-state index contributed by atoms with van der Waals surface area (Å²) in [5, 5.41) is 0. The predicted octanol–water partition coefficient (Wildman–Crippen LogP) is 10.7. The molecule has 0 aromatic heterocycles. The molecule has 0 nitrogen and oxygen atoms in total. The Kier molecular flexibility index (Phi) is 8.26. The van der Waals surface area contributed by atoms with Crippen molar-refractivity contribution in [2.45, 2.75) is 40.8 Å². The molecule has 1 aliphatic rings. The second kappa shape index (κ2) is 11.0. The van der Waals surface area contributed by atoms with Crippen LogP contribution in [-0.2, 0) is 6.18 Å². The van der Waals surface area contributed by atoms with Gasteiger partial charge in [0.05, 0.1) is 16.7 Å². The van der Waals surface area contributed by atoms with Crippen molar-refractivity contribution in [3.63, 3.8) is 0 Å². The molecular formula is C30H15F15. The molecule has 3 aromatic rings. The molecule has 0 heterocycles. The number of hydrogen-bond acceptors (Lipinski definition) is 0. The number of allylic oxidation sites excluding steroid dienone is 6. The molecule has 0 unspecified atom stereocenters. The van der Waals surface area contributed by atoms with Crippen LogP contribution in [0.2, 0.25) is 0 Å². The topological polar surface area (TPSA) is 0 Å². The van der Waals surface area contributed by atoms with Gasteiger partial charge in [0.15, 0.2) is 69.8 Å². The summed E-state index contributed by atoms with van der Waals surface area (Å²) in [6.45, 7) is 3.46. The van der Waals surface area contributed by atoms with E-state index in [1.54, 1.807) is 0 Å². The average Bonchev–Trinajstić information content (AvgIpc) is 3.71. The standard InChI is InChI=1S/C30H15F15/c1-6(14-22(35)18(31)9(4)19(32)23(14)36)11-12(7(2)15-24(37)20(33)10(5)21(34)25(15)38)13(11)8(3)16-26(39)28(41)17(30(43,44)45)29(42)27(16)40/h1-5H3. The van der Waals surface area contributed by atoms with Crippen molar-refractivity contribution >= 4 is 16.7 Å². The van der Waals surface area contributed by atoms with E-state index in [1.807, 2.05) is 0 Å². The third kappa shape index (κ3) is 4.90. The van der Waals surface area contributed by atoms with E-state index in [2.05, 4.69) is 0 Å². The predicted molar refractivity (Wildman–Crippen MR) is 131 cm³/mol. The fourth-order valence-corrected chi connectivity index (χ4v) is 5.04. The molecule has 0 N–H and O–H groups in total. The van der Waals surface area contributed by atoms with Gasteiger partial charge in [-0.3, -0.25) is 0 Å². The molecule has 1 fully saturated rings. The Bertz CT molecular complexity index is 1760. The molecule has 0 radical (unpaired) electrons. The summed E-state index contributed by atoms with van der Waals surface area (Å²) in [6, 6.07) is 0. The lowest BCUT2D eigenvalue weighted by Gasteiger charge is -2.14. The highest BCUT2D eigenvalue weighted by atomic mass is 19.4. The van der Waals surface area contributed by atoms with Crippen LogP contribution in [0.15, 0.2) is 16.7 Å². The zero-order valence-corrected chi connectivity index (χ0v) is 23.2. The molecule has 0 bridgehead atoms. The second-order valence-electron chi connectivity index (χ2n) is 10.0. The van der Waals surface area contributed by atoms with Crippen molar-refractivity contribution in [1.29, 1.82) is 0 Å². The molecule has 45 heavy (non-hydrogen) atoms. The van der Waals surface area contributed by atoms with E-state index in [9.17, 15) is 65.9 Å². The van der Waals surface area contributed by atoms with E-state index in [4.69, 9.17) is 0 Å². The van der Waals surface area contributed by atoms with E-state index < -0.39 is 143 Å². The summed E-state index contributed by atoms with van der Waals surface area (Å²) < 4.78 is 215. The Morgan fingerprint density at radius 2 is 0.556 bits per heavy atom. The Labute approximate surface area is 243 Å². The first-order valence-electron chi connectivity index (χ1n) is 12.3. The van der Waals surface area contributed by atoms with Gasteiger partial charge in [-0.25, -0.2) is 52.7 Å². The molecule has 0 atom stereocenters. The summed E-state index contributed by atoms with van der Waals surface area (Å²) in [7, 11) is 0. The molecule has 4 rings (SSSR count). The van der Waals surface area contributed by atoms with Crippen molar-refractivity contribution in [3.8, 4) is 0 Å². The summed E-state index contributed by atoms with van der Waals surface area (Å²) in [5.74, 6) is -26.7. The first kappa shape index (κ1) is 33.7. The van der Waals surface area contributed by atoms with Gasteiger partial charge in [0, 0.05) is 11.1 Å². The van der Waals surface area contributed by atoms with Crippen molar-refractivity contribution in [1.82, 2.24) is 0 Å². The number of alkyl halides is 3. The molecule has 15 heteroatoms. The van der Waals surface area contributed by atoms with E-state index in [0.29, 0.717) is 20.8 Å². The summed E-state index contributed by atoms with van der Waals surface area (Å²) >= 11 is 0. The Balaban J connectivity index is 2.22. The van der Waals surface area contributed by atoms with Gasteiger partial charge in [0.25, 0.3) is 0 Å².